The van der Waals surface area contributed by atoms with E-state index in [2.05, 4.69) is 46.7 Å². The van der Waals surface area contributed by atoms with E-state index in [0.29, 0.717) is 18.0 Å². The van der Waals surface area contributed by atoms with Crippen molar-refractivity contribution in [3.05, 3.63) is 46.8 Å². The average Bonchev–Trinajstić information content (AvgIpc) is 3.21. The van der Waals surface area contributed by atoms with Gasteiger partial charge in [0.1, 0.15) is 6.61 Å². The molecule has 0 N–H and O–H groups in total. The van der Waals surface area contributed by atoms with E-state index < -0.39 is 0 Å². The van der Waals surface area contributed by atoms with Crippen molar-refractivity contribution in [1.82, 2.24) is 14.9 Å². The van der Waals surface area contributed by atoms with Gasteiger partial charge < -0.3 is 19.3 Å². The van der Waals surface area contributed by atoms with E-state index in [1.807, 2.05) is 18.5 Å². The molecule has 0 radical (unpaired) electrons. The van der Waals surface area contributed by atoms with Crippen LogP contribution in [0.3, 0.4) is 0 Å². The number of piperidine rings is 1. The van der Waals surface area contributed by atoms with Crippen molar-refractivity contribution < 1.29 is 14.3 Å². The number of cyclic esters (lactones) is 1. The molecule has 3 heterocycles. The Morgan fingerprint density at radius 2 is 1.94 bits per heavy atom. The lowest BCUT2D eigenvalue weighted by Crippen LogP contribution is -2.46. The molecule has 2 aromatic rings. The quantitative estimate of drug-likeness (QED) is 0.583. The van der Waals surface area contributed by atoms with Crippen molar-refractivity contribution in [3.63, 3.8) is 0 Å². The SMILES string of the molecule is CCC1(CN(C)c2cnc(OC)nc2)CCN(CCc2ccc3c(c2C)COC3=O)CC1. The first kappa shape index (κ1) is 22.5. The molecule has 7 nitrogen and oxygen atoms in total. The van der Waals surface area contributed by atoms with E-state index in [1.165, 1.54) is 30.4 Å². The lowest BCUT2D eigenvalue weighted by Gasteiger charge is -2.44. The maximum absolute atomic E-state index is 11.8. The molecule has 32 heavy (non-hydrogen) atoms. The van der Waals surface area contributed by atoms with Crippen molar-refractivity contribution >= 4 is 11.7 Å². The fourth-order valence-corrected chi connectivity index (χ4v) is 5.03. The van der Waals surface area contributed by atoms with Crippen LogP contribution in [0.4, 0.5) is 5.69 Å². The molecule has 4 rings (SSSR count). The van der Waals surface area contributed by atoms with Gasteiger partial charge in [-0.1, -0.05) is 13.0 Å². The Morgan fingerprint density at radius 3 is 2.59 bits per heavy atom. The lowest BCUT2D eigenvalue weighted by atomic mass is 9.75. The first-order valence-corrected chi connectivity index (χ1v) is 11.5. The number of rotatable bonds is 8. The molecule has 2 aliphatic rings. The van der Waals surface area contributed by atoms with E-state index in [4.69, 9.17) is 9.47 Å². The molecular formula is C25H34N4O3. The molecule has 1 saturated heterocycles. The van der Waals surface area contributed by atoms with Crippen molar-refractivity contribution in [1.29, 1.82) is 0 Å². The molecule has 0 spiro atoms. The first-order valence-electron chi connectivity index (χ1n) is 11.5. The van der Waals surface area contributed by atoms with Gasteiger partial charge in [-0.25, -0.2) is 14.8 Å². The zero-order chi connectivity index (χ0) is 22.7. The van der Waals surface area contributed by atoms with Crippen LogP contribution < -0.4 is 9.64 Å². The predicted octanol–water partition coefficient (Wildman–Crippen LogP) is 3.64. The number of esters is 1. The number of carbonyl (C=O) groups excluding carboxylic acids is 1. The first-order chi connectivity index (χ1) is 15.4. The smallest absolute Gasteiger partial charge is 0.338 e. The molecule has 0 unspecified atom stereocenters. The monoisotopic (exact) mass is 438 g/mol. The number of likely N-dealkylation sites (tertiary alicyclic amines) is 1. The second-order valence-corrected chi connectivity index (χ2v) is 9.18. The molecule has 1 fully saturated rings. The average molecular weight is 439 g/mol. The molecular weight excluding hydrogens is 404 g/mol. The maximum atomic E-state index is 11.8. The van der Waals surface area contributed by atoms with Gasteiger partial charge in [0.05, 0.1) is 30.8 Å². The van der Waals surface area contributed by atoms with Crippen LogP contribution in [0.25, 0.3) is 0 Å². The topological polar surface area (TPSA) is 67.8 Å². The molecule has 2 aliphatic heterocycles. The van der Waals surface area contributed by atoms with Gasteiger partial charge in [0.15, 0.2) is 0 Å². The van der Waals surface area contributed by atoms with E-state index in [1.54, 1.807) is 7.11 Å². The number of hydrogen-bond acceptors (Lipinski definition) is 7. The number of methoxy groups -OCH3 is 1. The van der Waals surface area contributed by atoms with E-state index in [0.717, 1.165) is 49.4 Å². The third-order valence-corrected chi connectivity index (χ3v) is 7.45. The van der Waals surface area contributed by atoms with E-state index in [-0.39, 0.29) is 5.97 Å². The van der Waals surface area contributed by atoms with Crippen molar-refractivity contribution in [2.24, 2.45) is 5.41 Å². The highest BCUT2D eigenvalue weighted by molar-refractivity contribution is 5.93. The summed E-state index contributed by atoms with van der Waals surface area (Å²) < 4.78 is 10.3. The third-order valence-electron chi connectivity index (χ3n) is 7.45. The molecule has 0 atom stereocenters. The zero-order valence-electron chi connectivity index (χ0n) is 19.7. The standard InChI is InChI=1S/C25H34N4O3/c1-5-25(17-28(3)20-14-26-24(31-4)27-15-20)9-12-29(13-10-25)11-8-19-6-7-21-22(18(19)2)16-32-23(21)30/h6-7,14-15H,5,8-13,16-17H2,1-4H3. The van der Waals surface area contributed by atoms with Gasteiger partial charge >= 0.3 is 12.0 Å². The normalized spacial score (nSPS) is 17.7. The van der Waals surface area contributed by atoms with Crippen LogP contribution in [0.15, 0.2) is 24.5 Å². The van der Waals surface area contributed by atoms with Gasteiger partial charge in [-0.05, 0) is 68.3 Å². The number of benzene rings is 1. The number of ether oxygens (including phenoxy) is 2. The molecule has 0 saturated carbocycles. The summed E-state index contributed by atoms with van der Waals surface area (Å²) in [4.78, 5) is 25.1. The van der Waals surface area contributed by atoms with Crippen molar-refractivity contribution in [2.75, 3.05) is 45.2 Å². The summed E-state index contributed by atoms with van der Waals surface area (Å²) in [5.41, 5.74) is 5.69. The number of hydrogen-bond donors (Lipinski definition) is 0. The molecule has 0 amide bonds. The Kier molecular flexibility index (Phi) is 6.65. The van der Waals surface area contributed by atoms with Crippen LogP contribution in [0.1, 0.15) is 53.2 Å². The van der Waals surface area contributed by atoms with Gasteiger partial charge in [0, 0.05) is 25.7 Å². The van der Waals surface area contributed by atoms with Crippen LogP contribution in [-0.2, 0) is 17.8 Å². The molecule has 7 heteroatoms. The maximum Gasteiger partial charge on any atom is 0.338 e. The third kappa shape index (κ3) is 4.58. The Balaban J connectivity index is 1.32. The second kappa shape index (κ2) is 9.45. The lowest BCUT2D eigenvalue weighted by molar-refractivity contribution is 0.0535. The number of carbonyl (C=O) groups is 1. The highest BCUT2D eigenvalue weighted by Crippen LogP contribution is 2.36. The summed E-state index contributed by atoms with van der Waals surface area (Å²) in [6.45, 7) is 9.14. The largest absolute Gasteiger partial charge is 0.467 e. The Bertz CT molecular complexity index is 952. The van der Waals surface area contributed by atoms with Gasteiger partial charge in [0.2, 0.25) is 0 Å². The van der Waals surface area contributed by atoms with Crippen LogP contribution in [0.5, 0.6) is 6.01 Å². The number of fused-ring (bicyclic) bond motifs is 1. The molecule has 1 aromatic heterocycles. The van der Waals surface area contributed by atoms with E-state index >= 15 is 0 Å². The minimum absolute atomic E-state index is 0.187. The second-order valence-electron chi connectivity index (χ2n) is 9.18. The van der Waals surface area contributed by atoms with Gasteiger partial charge in [-0.3, -0.25) is 0 Å². The molecule has 0 bridgehead atoms. The van der Waals surface area contributed by atoms with Crippen molar-refractivity contribution in [3.8, 4) is 6.01 Å². The fraction of sp³-hybridized carbons (Fsp3) is 0.560. The summed E-state index contributed by atoms with van der Waals surface area (Å²) in [5, 5.41) is 0. The summed E-state index contributed by atoms with van der Waals surface area (Å²) >= 11 is 0. The van der Waals surface area contributed by atoms with Gasteiger partial charge in [-0.2, -0.15) is 0 Å². The molecule has 0 aliphatic carbocycles. The summed E-state index contributed by atoms with van der Waals surface area (Å²) in [7, 11) is 3.71. The zero-order valence-corrected chi connectivity index (χ0v) is 19.7. The van der Waals surface area contributed by atoms with E-state index in [9.17, 15) is 4.79 Å². The van der Waals surface area contributed by atoms with Crippen LogP contribution in [0.2, 0.25) is 0 Å². The fourth-order valence-electron chi connectivity index (χ4n) is 5.03. The molecule has 1 aromatic carbocycles. The number of anilines is 1. The van der Waals surface area contributed by atoms with Crippen molar-refractivity contribution in [2.45, 2.75) is 46.1 Å². The van der Waals surface area contributed by atoms with Crippen LogP contribution >= 0.6 is 0 Å². The Labute approximate surface area is 190 Å². The minimum atomic E-state index is -0.187. The Hall–Kier alpha value is -2.67. The summed E-state index contributed by atoms with van der Waals surface area (Å²) in [6, 6.07) is 4.44. The van der Waals surface area contributed by atoms with Crippen LogP contribution in [-0.4, -0.2) is 61.2 Å². The molecule has 172 valence electrons. The number of nitrogens with zero attached hydrogens (tertiary/aromatic N) is 4. The highest BCUT2D eigenvalue weighted by Gasteiger charge is 2.34. The Morgan fingerprint density at radius 1 is 1.22 bits per heavy atom. The number of aromatic nitrogens is 2. The summed E-state index contributed by atoms with van der Waals surface area (Å²) in [5.74, 6) is -0.187. The van der Waals surface area contributed by atoms with Gasteiger partial charge in [-0.15, -0.1) is 0 Å². The summed E-state index contributed by atoms with van der Waals surface area (Å²) in [6.07, 6.45) is 8.23. The minimum Gasteiger partial charge on any atom is -0.467 e. The highest BCUT2D eigenvalue weighted by atomic mass is 16.5. The predicted molar refractivity (Wildman–Crippen MR) is 124 cm³/mol. The van der Waals surface area contributed by atoms with Gasteiger partial charge in [0.25, 0.3) is 0 Å². The van der Waals surface area contributed by atoms with Crippen LogP contribution in [0, 0.1) is 12.3 Å².